The molecule has 1 amide bonds. The van der Waals surface area contributed by atoms with E-state index in [1.54, 1.807) is 47.4 Å². The molecule has 0 bridgehead atoms. The molecule has 2 aliphatic rings. The van der Waals surface area contributed by atoms with Gasteiger partial charge in [0, 0.05) is 18.7 Å². The Bertz CT molecular complexity index is 1120. The first-order chi connectivity index (χ1) is 16.8. The highest BCUT2D eigenvalue weighted by Gasteiger charge is 2.46. The number of aliphatic hydroxyl groups excluding tert-OH is 1. The average molecular weight is 481 g/mol. The third-order valence-corrected chi connectivity index (χ3v) is 6.30. The van der Waals surface area contributed by atoms with E-state index in [1.807, 2.05) is 13.8 Å². The van der Waals surface area contributed by atoms with Crippen LogP contribution in [-0.4, -0.2) is 65.7 Å². The number of hydrogen-bond donors (Lipinski definition) is 1. The fourth-order valence-electron chi connectivity index (χ4n) is 4.45. The van der Waals surface area contributed by atoms with Gasteiger partial charge in [-0.1, -0.05) is 19.9 Å². The van der Waals surface area contributed by atoms with Gasteiger partial charge < -0.3 is 29.1 Å². The summed E-state index contributed by atoms with van der Waals surface area (Å²) in [6, 6.07) is 11.5. The van der Waals surface area contributed by atoms with Crippen LogP contribution >= 0.6 is 0 Å². The first kappa shape index (κ1) is 24.6. The molecule has 2 aliphatic heterocycles. The molecule has 1 saturated heterocycles. The van der Waals surface area contributed by atoms with Gasteiger partial charge >= 0.3 is 0 Å². The summed E-state index contributed by atoms with van der Waals surface area (Å²) in [5.41, 5.74) is 1.17. The number of rotatable bonds is 9. The van der Waals surface area contributed by atoms with Gasteiger partial charge in [0.1, 0.15) is 11.5 Å². The van der Waals surface area contributed by atoms with Crippen LogP contribution < -0.4 is 14.2 Å². The zero-order chi connectivity index (χ0) is 25.1. The molecular formula is C27H32N2O6. The highest BCUT2D eigenvalue weighted by atomic mass is 16.7. The van der Waals surface area contributed by atoms with Crippen molar-refractivity contribution in [3.05, 3.63) is 59.2 Å². The van der Waals surface area contributed by atoms with Crippen molar-refractivity contribution in [1.29, 1.82) is 0 Å². The monoisotopic (exact) mass is 480 g/mol. The maximum atomic E-state index is 13.2. The Morgan fingerprint density at radius 2 is 1.77 bits per heavy atom. The molecule has 0 aliphatic carbocycles. The third-order valence-electron chi connectivity index (χ3n) is 6.30. The average Bonchev–Trinajstić information content (AvgIpc) is 3.41. The second kappa shape index (κ2) is 10.4. The van der Waals surface area contributed by atoms with Crippen LogP contribution in [0.3, 0.4) is 0 Å². The SMILES string of the molecule is CCN(CC)CCN1C(=O)C(=O)/C(=C(/O)c2ccc(OC(C)C)cc2)[C@@H]1c1ccc2c(c1)OCO2. The summed E-state index contributed by atoms with van der Waals surface area (Å²) in [5, 5.41) is 11.3. The van der Waals surface area contributed by atoms with Crippen LogP contribution in [0.4, 0.5) is 0 Å². The molecule has 0 saturated carbocycles. The summed E-state index contributed by atoms with van der Waals surface area (Å²) >= 11 is 0. The number of benzene rings is 2. The van der Waals surface area contributed by atoms with Crippen LogP contribution in [-0.2, 0) is 9.59 Å². The van der Waals surface area contributed by atoms with Crippen molar-refractivity contribution in [3.8, 4) is 17.2 Å². The van der Waals surface area contributed by atoms with Crippen LogP contribution in [0.15, 0.2) is 48.0 Å². The summed E-state index contributed by atoms with van der Waals surface area (Å²) < 4.78 is 16.6. The maximum Gasteiger partial charge on any atom is 0.295 e. The zero-order valence-corrected chi connectivity index (χ0v) is 20.6. The van der Waals surface area contributed by atoms with Gasteiger partial charge in [0.25, 0.3) is 11.7 Å². The first-order valence-corrected chi connectivity index (χ1v) is 12.0. The van der Waals surface area contributed by atoms with Gasteiger partial charge in [-0.25, -0.2) is 0 Å². The lowest BCUT2D eigenvalue weighted by Crippen LogP contribution is -2.38. The van der Waals surface area contributed by atoms with Gasteiger partial charge in [-0.15, -0.1) is 0 Å². The highest BCUT2D eigenvalue weighted by Crippen LogP contribution is 2.43. The van der Waals surface area contributed by atoms with Crippen LogP contribution in [0.1, 0.15) is 44.9 Å². The number of ketones is 1. The van der Waals surface area contributed by atoms with Crippen LogP contribution in [0.5, 0.6) is 17.2 Å². The van der Waals surface area contributed by atoms with Crippen LogP contribution in [0.25, 0.3) is 5.76 Å². The number of likely N-dealkylation sites (tertiary alicyclic amines) is 1. The van der Waals surface area contributed by atoms with Gasteiger partial charge in [0.2, 0.25) is 6.79 Å². The molecule has 4 rings (SSSR count). The van der Waals surface area contributed by atoms with E-state index in [1.165, 1.54) is 0 Å². The molecule has 8 heteroatoms. The van der Waals surface area contributed by atoms with Gasteiger partial charge in [0.15, 0.2) is 11.5 Å². The Balaban J connectivity index is 1.76. The van der Waals surface area contributed by atoms with Gasteiger partial charge in [-0.05, 0) is 68.9 Å². The van der Waals surface area contributed by atoms with Crippen molar-refractivity contribution < 1.29 is 28.9 Å². The molecule has 1 fully saturated rings. The van der Waals surface area contributed by atoms with Crippen LogP contribution in [0, 0.1) is 0 Å². The van der Waals surface area contributed by atoms with Gasteiger partial charge in [-0.2, -0.15) is 0 Å². The Kier molecular flexibility index (Phi) is 7.31. The normalized spacial score (nSPS) is 18.7. The molecular weight excluding hydrogens is 448 g/mol. The summed E-state index contributed by atoms with van der Waals surface area (Å²) in [6.07, 6.45) is 0.0107. The number of amides is 1. The lowest BCUT2D eigenvalue weighted by Gasteiger charge is -2.28. The molecule has 1 atom stereocenters. The number of Topliss-reactive ketones (excluding diaryl/α,β-unsaturated/α-hetero) is 1. The van der Waals surface area contributed by atoms with E-state index >= 15 is 0 Å². The molecule has 0 radical (unpaired) electrons. The molecule has 8 nitrogen and oxygen atoms in total. The molecule has 186 valence electrons. The molecule has 2 heterocycles. The number of carbonyl (C=O) groups excluding carboxylic acids is 2. The van der Waals surface area contributed by atoms with Crippen LogP contribution in [0.2, 0.25) is 0 Å². The van der Waals surface area contributed by atoms with E-state index < -0.39 is 17.7 Å². The van der Waals surface area contributed by atoms with Crippen molar-refractivity contribution in [2.75, 3.05) is 33.0 Å². The molecule has 2 aromatic rings. The number of nitrogens with zero attached hydrogens (tertiary/aromatic N) is 2. The van der Waals surface area contributed by atoms with Gasteiger partial charge in [-0.3, -0.25) is 9.59 Å². The lowest BCUT2D eigenvalue weighted by molar-refractivity contribution is -0.140. The number of aliphatic hydroxyl groups is 1. The molecule has 0 aromatic heterocycles. The number of carbonyl (C=O) groups is 2. The molecule has 2 aromatic carbocycles. The molecule has 0 unspecified atom stereocenters. The number of hydrogen-bond acceptors (Lipinski definition) is 7. The summed E-state index contributed by atoms with van der Waals surface area (Å²) in [7, 11) is 0. The van der Waals surface area contributed by atoms with Crippen molar-refractivity contribution in [3.63, 3.8) is 0 Å². The molecule has 0 spiro atoms. The minimum atomic E-state index is -0.744. The standard InChI is InChI=1S/C27H32N2O6/c1-5-28(6-2)13-14-29-24(19-9-12-21-22(15-19)34-16-33-21)23(26(31)27(29)32)25(30)18-7-10-20(11-8-18)35-17(3)4/h7-12,15,17,24,30H,5-6,13-14,16H2,1-4H3/b25-23+/t24-/m0/s1. The van der Waals surface area contributed by atoms with E-state index in [2.05, 4.69) is 18.7 Å². The smallest absolute Gasteiger partial charge is 0.295 e. The second-order valence-electron chi connectivity index (χ2n) is 8.82. The van der Waals surface area contributed by atoms with E-state index in [-0.39, 0.29) is 24.2 Å². The van der Waals surface area contributed by atoms with E-state index in [9.17, 15) is 14.7 Å². The third kappa shape index (κ3) is 4.98. The fourth-order valence-corrected chi connectivity index (χ4v) is 4.45. The van der Waals surface area contributed by atoms with E-state index in [0.29, 0.717) is 41.5 Å². The topological polar surface area (TPSA) is 88.5 Å². The summed E-state index contributed by atoms with van der Waals surface area (Å²) in [6.45, 7) is 10.7. The summed E-state index contributed by atoms with van der Waals surface area (Å²) in [4.78, 5) is 30.1. The number of fused-ring (bicyclic) bond motifs is 1. The maximum absolute atomic E-state index is 13.2. The minimum Gasteiger partial charge on any atom is -0.507 e. The van der Waals surface area contributed by atoms with E-state index in [0.717, 1.165) is 13.1 Å². The van der Waals surface area contributed by atoms with Gasteiger partial charge in [0.05, 0.1) is 17.7 Å². The Labute approximate surface area is 205 Å². The lowest BCUT2D eigenvalue weighted by atomic mass is 9.95. The number of ether oxygens (including phenoxy) is 3. The van der Waals surface area contributed by atoms with E-state index in [4.69, 9.17) is 14.2 Å². The molecule has 1 N–H and O–H groups in total. The zero-order valence-electron chi connectivity index (χ0n) is 20.6. The predicted molar refractivity (Wildman–Crippen MR) is 132 cm³/mol. The fraction of sp³-hybridized carbons (Fsp3) is 0.407. The quantitative estimate of drug-likeness (QED) is 0.330. The second-order valence-corrected chi connectivity index (χ2v) is 8.82. The van der Waals surface area contributed by atoms with Crippen molar-refractivity contribution in [2.45, 2.75) is 39.8 Å². The Morgan fingerprint density at radius 1 is 1.09 bits per heavy atom. The predicted octanol–water partition coefficient (Wildman–Crippen LogP) is 3.97. The first-order valence-electron chi connectivity index (χ1n) is 12.0. The number of likely N-dealkylation sites (N-methyl/N-ethyl adjacent to an activating group) is 1. The van der Waals surface area contributed by atoms with Crippen molar-refractivity contribution >= 4 is 17.4 Å². The minimum absolute atomic E-state index is 0.0107. The summed E-state index contributed by atoms with van der Waals surface area (Å²) in [5.74, 6) is 0.269. The van der Waals surface area contributed by atoms with Crippen molar-refractivity contribution in [2.24, 2.45) is 0 Å². The highest BCUT2D eigenvalue weighted by molar-refractivity contribution is 6.46. The Hall–Kier alpha value is -3.52. The Morgan fingerprint density at radius 3 is 2.43 bits per heavy atom. The molecule has 35 heavy (non-hydrogen) atoms. The van der Waals surface area contributed by atoms with Crippen molar-refractivity contribution in [1.82, 2.24) is 9.80 Å². The largest absolute Gasteiger partial charge is 0.507 e.